The second-order valence-corrected chi connectivity index (χ2v) is 6.96. The van der Waals surface area contributed by atoms with Crippen LogP contribution in [0.15, 0.2) is 78.9 Å². The maximum Gasteiger partial charge on any atom is 0.269 e. The first-order chi connectivity index (χ1) is 13.1. The van der Waals surface area contributed by atoms with E-state index in [9.17, 15) is 9.59 Å². The molecule has 0 aliphatic rings. The van der Waals surface area contributed by atoms with Gasteiger partial charge in [-0.2, -0.15) is 0 Å². The number of hydrogen-bond donors (Lipinski definition) is 2. The summed E-state index contributed by atoms with van der Waals surface area (Å²) in [6, 6.07) is 23.7. The number of carbonyl (C=O) groups excluding carboxylic acids is 2. The standard InChI is InChI=1S/C21H17IN2O3/c22-18-8-4-7-17(13-18)21(26)24-23-20(25)16-9-11-19(12-10-16)27-14-15-5-2-1-3-6-15/h1-13H,14H2,(H,23,25)(H,24,26). The number of nitrogens with one attached hydrogen (secondary N) is 2. The number of carbonyl (C=O) groups is 2. The van der Waals surface area contributed by atoms with Gasteiger partial charge < -0.3 is 4.74 Å². The van der Waals surface area contributed by atoms with Crippen LogP contribution in [-0.4, -0.2) is 11.8 Å². The number of amides is 2. The van der Waals surface area contributed by atoms with E-state index >= 15 is 0 Å². The first-order valence-electron chi connectivity index (χ1n) is 8.25. The highest BCUT2D eigenvalue weighted by Gasteiger charge is 2.09. The molecule has 27 heavy (non-hydrogen) atoms. The van der Waals surface area contributed by atoms with Crippen molar-refractivity contribution in [2.24, 2.45) is 0 Å². The monoisotopic (exact) mass is 472 g/mol. The van der Waals surface area contributed by atoms with Crippen LogP contribution in [0.1, 0.15) is 26.3 Å². The third-order valence-electron chi connectivity index (χ3n) is 3.74. The van der Waals surface area contributed by atoms with Crippen molar-refractivity contribution in [1.82, 2.24) is 10.9 Å². The van der Waals surface area contributed by atoms with Crippen molar-refractivity contribution in [3.05, 3.63) is 99.1 Å². The van der Waals surface area contributed by atoms with Gasteiger partial charge in [0.2, 0.25) is 0 Å². The average molecular weight is 472 g/mol. The Labute approximate surface area is 170 Å². The van der Waals surface area contributed by atoms with Crippen molar-refractivity contribution in [2.75, 3.05) is 0 Å². The summed E-state index contributed by atoms with van der Waals surface area (Å²) < 4.78 is 6.63. The molecule has 2 amide bonds. The molecular formula is C21H17IN2O3. The van der Waals surface area contributed by atoms with Crippen molar-refractivity contribution in [1.29, 1.82) is 0 Å². The Morgan fingerprint density at radius 3 is 2.11 bits per heavy atom. The normalized spacial score (nSPS) is 10.1. The van der Waals surface area contributed by atoms with Gasteiger partial charge >= 0.3 is 0 Å². The van der Waals surface area contributed by atoms with Gasteiger partial charge in [0.1, 0.15) is 12.4 Å². The van der Waals surface area contributed by atoms with Crippen LogP contribution in [-0.2, 0) is 6.61 Å². The molecule has 0 aliphatic carbocycles. The predicted molar refractivity (Wildman–Crippen MR) is 111 cm³/mol. The molecule has 5 nitrogen and oxygen atoms in total. The van der Waals surface area contributed by atoms with Gasteiger partial charge in [0.15, 0.2) is 0 Å². The molecule has 0 heterocycles. The van der Waals surface area contributed by atoms with Crippen LogP contribution in [0.2, 0.25) is 0 Å². The minimum absolute atomic E-state index is 0.371. The molecule has 0 aromatic heterocycles. The average Bonchev–Trinajstić information content (AvgIpc) is 2.71. The molecule has 2 N–H and O–H groups in total. The minimum atomic E-state index is -0.399. The zero-order valence-electron chi connectivity index (χ0n) is 14.3. The molecule has 0 saturated heterocycles. The Hall–Kier alpha value is -2.87. The lowest BCUT2D eigenvalue weighted by molar-refractivity contribution is 0.0846. The maximum absolute atomic E-state index is 12.2. The van der Waals surface area contributed by atoms with Gasteiger partial charge in [0.05, 0.1) is 0 Å². The molecule has 3 aromatic rings. The lowest BCUT2D eigenvalue weighted by Crippen LogP contribution is -2.41. The van der Waals surface area contributed by atoms with Crippen LogP contribution >= 0.6 is 22.6 Å². The Kier molecular flexibility index (Phi) is 6.43. The number of rotatable bonds is 5. The Morgan fingerprint density at radius 1 is 0.778 bits per heavy atom. The van der Waals surface area contributed by atoms with Gasteiger partial charge in [-0.1, -0.05) is 36.4 Å². The molecule has 0 saturated carbocycles. The fraction of sp³-hybridized carbons (Fsp3) is 0.0476. The van der Waals surface area contributed by atoms with Crippen LogP contribution in [0.3, 0.4) is 0 Å². The molecule has 0 spiro atoms. The van der Waals surface area contributed by atoms with Crippen LogP contribution < -0.4 is 15.6 Å². The number of hydrogen-bond acceptors (Lipinski definition) is 3. The Morgan fingerprint density at radius 2 is 1.44 bits per heavy atom. The minimum Gasteiger partial charge on any atom is -0.489 e. The van der Waals surface area contributed by atoms with Gasteiger partial charge in [-0.05, 0) is 70.6 Å². The second kappa shape index (κ2) is 9.18. The fourth-order valence-corrected chi connectivity index (χ4v) is 2.87. The van der Waals surface area contributed by atoms with Crippen molar-refractivity contribution >= 4 is 34.4 Å². The lowest BCUT2D eigenvalue weighted by Gasteiger charge is -2.09. The number of hydrazine groups is 1. The van der Waals surface area contributed by atoms with Gasteiger partial charge in [0, 0.05) is 14.7 Å². The molecular weight excluding hydrogens is 455 g/mol. The highest BCUT2D eigenvalue weighted by atomic mass is 127. The lowest BCUT2D eigenvalue weighted by atomic mass is 10.2. The third kappa shape index (κ3) is 5.55. The quantitative estimate of drug-likeness (QED) is 0.437. The molecule has 0 radical (unpaired) electrons. The summed E-state index contributed by atoms with van der Waals surface area (Å²) in [6.45, 7) is 0.457. The van der Waals surface area contributed by atoms with E-state index in [-0.39, 0.29) is 5.91 Å². The van der Waals surface area contributed by atoms with Crippen LogP contribution in [0, 0.1) is 3.57 Å². The van der Waals surface area contributed by atoms with E-state index in [1.807, 2.05) is 36.4 Å². The van der Waals surface area contributed by atoms with E-state index < -0.39 is 5.91 Å². The number of benzene rings is 3. The summed E-state index contributed by atoms with van der Waals surface area (Å²) in [7, 11) is 0. The molecule has 0 unspecified atom stereocenters. The van der Waals surface area contributed by atoms with E-state index in [1.165, 1.54) is 0 Å². The van der Waals surface area contributed by atoms with E-state index in [4.69, 9.17) is 4.74 Å². The third-order valence-corrected chi connectivity index (χ3v) is 4.41. The largest absolute Gasteiger partial charge is 0.489 e. The first-order valence-corrected chi connectivity index (χ1v) is 9.33. The van der Waals surface area contributed by atoms with E-state index in [0.717, 1.165) is 9.13 Å². The molecule has 0 bridgehead atoms. The van der Waals surface area contributed by atoms with E-state index in [2.05, 4.69) is 33.4 Å². The molecule has 136 valence electrons. The maximum atomic E-state index is 12.2. The van der Waals surface area contributed by atoms with E-state index in [0.29, 0.717) is 23.5 Å². The number of halogens is 1. The van der Waals surface area contributed by atoms with Gasteiger partial charge in [-0.25, -0.2) is 0 Å². The zero-order chi connectivity index (χ0) is 19.1. The highest BCUT2D eigenvalue weighted by molar-refractivity contribution is 14.1. The zero-order valence-corrected chi connectivity index (χ0v) is 16.5. The first kappa shape index (κ1) is 18.9. The second-order valence-electron chi connectivity index (χ2n) is 5.72. The molecule has 0 fully saturated rings. The predicted octanol–water partition coefficient (Wildman–Crippen LogP) is 3.95. The Bertz CT molecular complexity index is 928. The molecule has 3 rings (SSSR count). The van der Waals surface area contributed by atoms with Crippen molar-refractivity contribution < 1.29 is 14.3 Å². The highest BCUT2D eigenvalue weighted by Crippen LogP contribution is 2.14. The fourth-order valence-electron chi connectivity index (χ4n) is 2.33. The summed E-state index contributed by atoms with van der Waals surface area (Å²) in [6.07, 6.45) is 0. The van der Waals surface area contributed by atoms with Gasteiger partial charge in [-0.15, -0.1) is 0 Å². The SMILES string of the molecule is O=C(NNC(=O)c1cccc(I)c1)c1ccc(OCc2ccccc2)cc1. The molecule has 3 aromatic carbocycles. The Balaban J connectivity index is 1.52. The summed E-state index contributed by atoms with van der Waals surface area (Å²) in [5.74, 6) is -0.105. The van der Waals surface area contributed by atoms with Crippen LogP contribution in [0.5, 0.6) is 5.75 Å². The summed E-state index contributed by atoms with van der Waals surface area (Å²) in [4.78, 5) is 24.2. The molecule has 0 aliphatic heterocycles. The molecule has 6 heteroatoms. The van der Waals surface area contributed by atoms with Crippen molar-refractivity contribution in [2.45, 2.75) is 6.61 Å². The van der Waals surface area contributed by atoms with Crippen molar-refractivity contribution in [3.63, 3.8) is 0 Å². The summed E-state index contributed by atoms with van der Waals surface area (Å²) >= 11 is 2.12. The van der Waals surface area contributed by atoms with Gasteiger partial charge in [-0.3, -0.25) is 20.4 Å². The van der Waals surface area contributed by atoms with Crippen LogP contribution in [0.25, 0.3) is 0 Å². The number of ether oxygens (including phenoxy) is 1. The molecule has 0 atom stereocenters. The topological polar surface area (TPSA) is 67.4 Å². The van der Waals surface area contributed by atoms with Crippen molar-refractivity contribution in [3.8, 4) is 5.75 Å². The van der Waals surface area contributed by atoms with Crippen LogP contribution in [0.4, 0.5) is 0 Å². The van der Waals surface area contributed by atoms with E-state index in [1.54, 1.807) is 42.5 Å². The van der Waals surface area contributed by atoms with Gasteiger partial charge in [0.25, 0.3) is 11.8 Å². The summed E-state index contributed by atoms with van der Waals surface area (Å²) in [5, 5.41) is 0. The summed E-state index contributed by atoms with van der Waals surface area (Å²) in [5.41, 5.74) is 6.79. The smallest absolute Gasteiger partial charge is 0.269 e.